The van der Waals surface area contributed by atoms with Gasteiger partial charge in [-0.15, -0.1) is 0 Å². The number of aliphatic hydroxyl groups excluding tert-OH is 1. The second-order valence-corrected chi connectivity index (χ2v) is 6.42. The van der Waals surface area contributed by atoms with Crippen LogP contribution in [0.25, 0.3) is 0 Å². The first kappa shape index (κ1) is 15.2. The predicted molar refractivity (Wildman–Crippen MR) is 76.7 cm³/mol. The molecule has 1 aliphatic carbocycles. The Morgan fingerprint density at radius 2 is 1.79 bits per heavy atom. The highest BCUT2D eigenvalue weighted by Crippen LogP contribution is 2.40. The van der Waals surface area contributed by atoms with E-state index in [4.69, 9.17) is 11.6 Å². The zero-order chi connectivity index (χ0) is 14.0. The number of aliphatic hydroxyl groups is 2. The zero-order valence-electron chi connectivity index (χ0n) is 10.5. The van der Waals surface area contributed by atoms with E-state index in [1.165, 1.54) is 6.07 Å². The number of hydrogen-bond donors (Lipinski definition) is 2. The molecule has 2 nitrogen and oxygen atoms in total. The van der Waals surface area contributed by atoms with Crippen LogP contribution in [-0.4, -0.2) is 15.8 Å². The minimum Gasteiger partial charge on any atom is -0.387 e. The van der Waals surface area contributed by atoms with Crippen LogP contribution in [0.2, 0.25) is 5.02 Å². The van der Waals surface area contributed by atoms with E-state index < -0.39 is 17.5 Å². The molecule has 0 saturated heterocycles. The fraction of sp³-hybridized carbons (Fsp3) is 0.571. The number of benzene rings is 1. The fourth-order valence-corrected chi connectivity index (χ4v) is 3.13. The molecule has 2 rings (SSSR count). The highest BCUT2D eigenvalue weighted by Gasteiger charge is 2.38. The van der Waals surface area contributed by atoms with Crippen molar-refractivity contribution < 1.29 is 14.6 Å². The summed E-state index contributed by atoms with van der Waals surface area (Å²) in [4.78, 5) is 0. The fourth-order valence-electron chi connectivity index (χ4n) is 2.66. The molecule has 0 bridgehead atoms. The van der Waals surface area contributed by atoms with Crippen molar-refractivity contribution in [3.05, 3.63) is 33.0 Å². The van der Waals surface area contributed by atoms with Crippen molar-refractivity contribution in [2.45, 2.75) is 50.2 Å². The molecule has 106 valence electrons. The summed E-state index contributed by atoms with van der Waals surface area (Å²) in [6.07, 6.45) is 3.51. The predicted octanol–water partition coefficient (Wildman–Crippen LogP) is 4.36. The van der Waals surface area contributed by atoms with Crippen LogP contribution in [0.5, 0.6) is 0 Å². The van der Waals surface area contributed by atoms with E-state index in [1.807, 2.05) is 0 Å². The first-order valence-corrected chi connectivity index (χ1v) is 7.66. The average molecular weight is 352 g/mol. The van der Waals surface area contributed by atoms with Gasteiger partial charge in [0.15, 0.2) is 0 Å². The molecule has 1 aliphatic rings. The number of rotatable bonds is 2. The maximum absolute atomic E-state index is 14.1. The highest BCUT2D eigenvalue weighted by molar-refractivity contribution is 9.10. The maximum Gasteiger partial charge on any atom is 0.148 e. The molecule has 1 atom stereocenters. The smallest absolute Gasteiger partial charge is 0.148 e. The first-order valence-electron chi connectivity index (χ1n) is 6.49. The third-order valence-electron chi connectivity index (χ3n) is 3.84. The van der Waals surface area contributed by atoms with Crippen LogP contribution in [0.1, 0.15) is 50.2 Å². The lowest BCUT2D eigenvalue weighted by Crippen LogP contribution is -2.36. The molecule has 5 heteroatoms. The molecule has 1 saturated carbocycles. The Hall–Kier alpha value is -0.160. The van der Waals surface area contributed by atoms with Crippen molar-refractivity contribution in [3.63, 3.8) is 0 Å². The van der Waals surface area contributed by atoms with Gasteiger partial charge in [0, 0.05) is 10.0 Å². The van der Waals surface area contributed by atoms with Gasteiger partial charge in [-0.25, -0.2) is 4.39 Å². The van der Waals surface area contributed by atoms with Crippen LogP contribution in [0.4, 0.5) is 4.39 Å². The van der Waals surface area contributed by atoms with Crippen molar-refractivity contribution in [2.24, 2.45) is 0 Å². The summed E-state index contributed by atoms with van der Waals surface area (Å²) in [5.41, 5.74) is -1.19. The third kappa shape index (κ3) is 3.13. The van der Waals surface area contributed by atoms with E-state index in [0.29, 0.717) is 17.3 Å². The highest BCUT2D eigenvalue weighted by atomic mass is 79.9. The lowest BCUT2D eigenvalue weighted by atomic mass is 9.84. The molecule has 0 amide bonds. The van der Waals surface area contributed by atoms with Gasteiger partial charge in [0.05, 0.1) is 10.6 Å². The number of hydrogen-bond acceptors (Lipinski definition) is 2. The van der Waals surface area contributed by atoms with Crippen molar-refractivity contribution in [1.82, 2.24) is 0 Å². The molecule has 1 unspecified atom stereocenters. The van der Waals surface area contributed by atoms with Gasteiger partial charge in [0.1, 0.15) is 11.9 Å². The molecular weight excluding hydrogens is 335 g/mol. The minimum absolute atomic E-state index is 0.0613. The van der Waals surface area contributed by atoms with Crippen molar-refractivity contribution in [2.75, 3.05) is 0 Å². The summed E-state index contributed by atoms with van der Waals surface area (Å²) in [5.74, 6) is -0.666. The Bertz CT molecular complexity index is 459. The normalized spacial score (nSPS) is 20.9. The Morgan fingerprint density at radius 1 is 1.21 bits per heavy atom. The van der Waals surface area contributed by atoms with Crippen molar-refractivity contribution in [1.29, 1.82) is 0 Å². The van der Waals surface area contributed by atoms with Gasteiger partial charge in [-0.05, 0) is 34.8 Å². The van der Waals surface area contributed by atoms with Crippen LogP contribution >= 0.6 is 27.5 Å². The molecule has 0 spiro atoms. The van der Waals surface area contributed by atoms with Crippen LogP contribution < -0.4 is 0 Å². The van der Waals surface area contributed by atoms with E-state index in [2.05, 4.69) is 15.9 Å². The first-order chi connectivity index (χ1) is 8.96. The minimum atomic E-state index is -1.26. The zero-order valence-corrected chi connectivity index (χ0v) is 12.8. The van der Waals surface area contributed by atoms with Gasteiger partial charge in [0.2, 0.25) is 0 Å². The van der Waals surface area contributed by atoms with Crippen molar-refractivity contribution in [3.8, 4) is 0 Å². The summed E-state index contributed by atoms with van der Waals surface area (Å²) in [5, 5.41) is 20.9. The molecule has 2 N–H and O–H groups in total. The van der Waals surface area contributed by atoms with E-state index >= 15 is 0 Å². The van der Waals surface area contributed by atoms with Crippen LogP contribution in [0.15, 0.2) is 16.6 Å². The topological polar surface area (TPSA) is 40.5 Å². The number of halogens is 3. The summed E-state index contributed by atoms with van der Waals surface area (Å²) >= 11 is 8.96. The molecule has 0 heterocycles. The second kappa shape index (κ2) is 6.08. The van der Waals surface area contributed by atoms with Gasteiger partial charge in [-0.1, -0.05) is 43.4 Å². The van der Waals surface area contributed by atoms with E-state index in [0.717, 1.165) is 25.7 Å². The van der Waals surface area contributed by atoms with E-state index in [1.54, 1.807) is 6.07 Å². The second-order valence-electron chi connectivity index (χ2n) is 5.18. The SMILES string of the molecule is OC(c1ccc(Br)c(Cl)c1F)C1(O)CCCCCC1. The summed E-state index contributed by atoms with van der Waals surface area (Å²) in [6.45, 7) is 0. The largest absolute Gasteiger partial charge is 0.387 e. The van der Waals surface area contributed by atoms with E-state index in [9.17, 15) is 14.6 Å². The van der Waals surface area contributed by atoms with Gasteiger partial charge in [-0.2, -0.15) is 0 Å². The summed E-state index contributed by atoms with van der Waals surface area (Å²) in [7, 11) is 0. The van der Waals surface area contributed by atoms with Gasteiger partial charge < -0.3 is 10.2 Å². The molecular formula is C14H17BrClFO2. The lowest BCUT2D eigenvalue weighted by Gasteiger charge is -2.32. The third-order valence-corrected chi connectivity index (χ3v) is 5.10. The Balaban J connectivity index is 2.32. The summed E-state index contributed by atoms with van der Waals surface area (Å²) in [6, 6.07) is 3.06. The molecule has 19 heavy (non-hydrogen) atoms. The Kier molecular flexibility index (Phi) is 4.88. The Morgan fingerprint density at radius 3 is 2.37 bits per heavy atom. The van der Waals surface area contributed by atoms with Crippen molar-refractivity contribution >= 4 is 27.5 Å². The van der Waals surface area contributed by atoms with Gasteiger partial charge in [-0.3, -0.25) is 0 Å². The quantitative estimate of drug-likeness (QED) is 0.614. The lowest BCUT2D eigenvalue weighted by molar-refractivity contribution is -0.0880. The summed E-state index contributed by atoms with van der Waals surface area (Å²) < 4.78 is 14.5. The Labute approximate surface area is 125 Å². The van der Waals surface area contributed by atoms with Gasteiger partial charge in [0.25, 0.3) is 0 Å². The molecule has 1 aromatic rings. The molecule has 1 aromatic carbocycles. The van der Waals surface area contributed by atoms with Crippen LogP contribution in [0.3, 0.4) is 0 Å². The van der Waals surface area contributed by atoms with Gasteiger partial charge >= 0.3 is 0 Å². The average Bonchev–Trinajstić information content (AvgIpc) is 2.61. The van der Waals surface area contributed by atoms with Crippen LogP contribution in [0, 0.1) is 5.82 Å². The molecule has 0 aromatic heterocycles. The monoisotopic (exact) mass is 350 g/mol. The maximum atomic E-state index is 14.1. The molecule has 0 radical (unpaired) electrons. The standard InChI is InChI=1S/C14H17BrClFO2/c15-10-6-5-9(12(17)11(10)16)13(18)14(19)7-3-1-2-4-8-14/h5-6,13,18-19H,1-4,7-8H2. The van der Waals surface area contributed by atoms with Crippen LogP contribution in [-0.2, 0) is 0 Å². The molecule has 1 fully saturated rings. The molecule has 0 aliphatic heterocycles. The van der Waals surface area contributed by atoms with E-state index in [-0.39, 0.29) is 10.6 Å².